The Labute approximate surface area is 90.9 Å². The zero-order valence-corrected chi connectivity index (χ0v) is 10.8. The summed E-state index contributed by atoms with van der Waals surface area (Å²) in [4.78, 5) is 2.62. The molecule has 0 fully saturated rings. The quantitative estimate of drug-likeness (QED) is 0.575. The van der Waals surface area contributed by atoms with Gasteiger partial charge < -0.3 is 4.90 Å². The van der Waals surface area contributed by atoms with Crippen molar-refractivity contribution >= 4 is 0 Å². The molecule has 0 aromatic rings. The van der Waals surface area contributed by atoms with Gasteiger partial charge in [0.15, 0.2) is 0 Å². The Hall–Kier alpha value is -0.0400. The normalized spacial score (nSPS) is 13.9. The molecule has 0 aromatic heterocycles. The number of hydrogen-bond donors (Lipinski definition) is 0. The Morgan fingerprint density at radius 3 is 2.07 bits per heavy atom. The van der Waals surface area contributed by atoms with Crippen LogP contribution in [0.4, 0.5) is 0 Å². The highest BCUT2D eigenvalue weighted by Gasteiger charge is 2.07. The minimum Gasteiger partial charge on any atom is -0.303 e. The molecule has 1 heteroatoms. The highest BCUT2D eigenvalue weighted by Crippen LogP contribution is 2.09. The van der Waals surface area contributed by atoms with Gasteiger partial charge in [0.1, 0.15) is 0 Å². The van der Waals surface area contributed by atoms with Gasteiger partial charge in [0.25, 0.3) is 0 Å². The van der Waals surface area contributed by atoms with Gasteiger partial charge in [-0.2, -0.15) is 0 Å². The van der Waals surface area contributed by atoms with Crippen LogP contribution in [-0.4, -0.2) is 24.5 Å². The van der Waals surface area contributed by atoms with Gasteiger partial charge in [0.05, 0.1) is 0 Å². The topological polar surface area (TPSA) is 3.24 Å². The molecule has 0 spiro atoms. The maximum atomic E-state index is 2.62. The molecule has 0 radical (unpaired) electrons. The van der Waals surface area contributed by atoms with Gasteiger partial charge in [-0.25, -0.2) is 0 Å². The molecule has 1 atom stereocenters. The van der Waals surface area contributed by atoms with Crippen LogP contribution >= 0.6 is 0 Å². The van der Waals surface area contributed by atoms with E-state index in [2.05, 4.69) is 39.5 Å². The van der Waals surface area contributed by atoms with E-state index in [0.29, 0.717) is 0 Å². The van der Waals surface area contributed by atoms with Crippen LogP contribution in [0.5, 0.6) is 0 Å². The van der Waals surface area contributed by atoms with E-state index in [9.17, 15) is 0 Å². The highest BCUT2D eigenvalue weighted by molar-refractivity contribution is 4.61. The van der Waals surface area contributed by atoms with Gasteiger partial charge in [0, 0.05) is 6.54 Å². The molecule has 0 amide bonds. The van der Waals surface area contributed by atoms with Crippen molar-refractivity contribution in [3.63, 3.8) is 0 Å². The summed E-state index contributed by atoms with van der Waals surface area (Å²) < 4.78 is 0. The summed E-state index contributed by atoms with van der Waals surface area (Å²) in [5, 5.41) is 0. The van der Waals surface area contributed by atoms with Crippen molar-refractivity contribution in [1.82, 2.24) is 4.90 Å². The number of nitrogens with zero attached hydrogens (tertiary/aromatic N) is 1. The third-order valence-electron chi connectivity index (χ3n) is 2.80. The molecule has 0 aromatic carbocycles. The van der Waals surface area contributed by atoms with Crippen LogP contribution < -0.4 is 0 Å². The SMILES string of the molecule is CCCN(CCC(C)CC)CC(C)C. The van der Waals surface area contributed by atoms with Crippen LogP contribution in [0.15, 0.2) is 0 Å². The molecular weight excluding hydrogens is 170 g/mol. The van der Waals surface area contributed by atoms with Crippen molar-refractivity contribution in [3.8, 4) is 0 Å². The van der Waals surface area contributed by atoms with Crippen LogP contribution in [-0.2, 0) is 0 Å². The molecular formula is C13H29N. The molecule has 0 heterocycles. The molecule has 86 valence electrons. The second-order valence-electron chi connectivity index (χ2n) is 5.00. The van der Waals surface area contributed by atoms with E-state index in [-0.39, 0.29) is 0 Å². The van der Waals surface area contributed by atoms with Gasteiger partial charge in [-0.1, -0.05) is 41.0 Å². The summed E-state index contributed by atoms with van der Waals surface area (Å²) in [5.41, 5.74) is 0. The van der Waals surface area contributed by atoms with Crippen molar-refractivity contribution in [2.45, 2.75) is 53.9 Å². The molecule has 0 N–H and O–H groups in total. The highest BCUT2D eigenvalue weighted by atomic mass is 15.1. The van der Waals surface area contributed by atoms with Gasteiger partial charge >= 0.3 is 0 Å². The maximum Gasteiger partial charge on any atom is 0.000438 e. The summed E-state index contributed by atoms with van der Waals surface area (Å²) >= 11 is 0. The molecule has 0 aliphatic carbocycles. The summed E-state index contributed by atoms with van der Waals surface area (Å²) in [6, 6.07) is 0. The fourth-order valence-corrected chi connectivity index (χ4v) is 1.73. The zero-order chi connectivity index (χ0) is 11.0. The van der Waals surface area contributed by atoms with Gasteiger partial charge in [-0.3, -0.25) is 0 Å². The fourth-order valence-electron chi connectivity index (χ4n) is 1.73. The second kappa shape index (κ2) is 8.28. The Kier molecular flexibility index (Phi) is 8.26. The van der Waals surface area contributed by atoms with E-state index < -0.39 is 0 Å². The van der Waals surface area contributed by atoms with E-state index in [0.717, 1.165) is 11.8 Å². The zero-order valence-electron chi connectivity index (χ0n) is 10.8. The summed E-state index contributed by atoms with van der Waals surface area (Å²) in [5.74, 6) is 1.69. The van der Waals surface area contributed by atoms with Crippen LogP contribution in [0, 0.1) is 11.8 Å². The third kappa shape index (κ3) is 7.37. The van der Waals surface area contributed by atoms with Crippen molar-refractivity contribution in [3.05, 3.63) is 0 Å². The summed E-state index contributed by atoms with van der Waals surface area (Å²) in [6.07, 6.45) is 3.97. The van der Waals surface area contributed by atoms with E-state index in [1.54, 1.807) is 0 Å². The molecule has 14 heavy (non-hydrogen) atoms. The van der Waals surface area contributed by atoms with E-state index >= 15 is 0 Å². The standard InChI is InChI=1S/C13H29N/c1-6-9-14(11-12(3)4)10-8-13(5)7-2/h12-13H,6-11H2,1-5H3. The van der Waals surface area contributed by atoms with Crippen LogP contribution in [0.2, 0.25) is 0 Å². The molecule has 1 nitrogen and oxygen atoms in total. The lowest BCUT2D eigenvalue weighted by Crippen LogP contribution is -2.30. The minimum absolute atomic E-state index is 0.804. The van der Waals surface area contributed by atoms with Crippen LogP contribution in [0.25, 0.3) is 0 Å². The first-order valence-corrected chi connectivity index (χ1v) is 6.32. The number of hydrogen-bond acceptors (Lipinski definition) is 1. The molecule has 0 saturated heterocycles. The van der Waals surface area contributed by atoms with E-state index in [1.165, 1.54) is 38.9 Å². The molecule has 0 rings (SSSR count). The van der Waals surface area contributed by atoms with Gasteiger partial charge in [-0.15, -0.1) is 0 Å². The average molecular weight is 199 g/mol. The predicted molar refractivity (Wildman–Crippen MR) is 65.6 cm³/mol. The maximum absolute atomic E-state index is 2.62. The first-order chi connectivity index (χ1) is 6.60. The number of rotatable bonds is 8. The molecule has 0 aliphatic rings. The first kappa shape index (κ1) is 14.0. The molecule has 0 saturated carbocycles. The second-order valence-corrected chi connectivity index (χ2v) is 5.00. The summed E-state index contributed by atoms with van der Waals surface area (Å²) in [7, 11) is 0. The monoisotopic (exact) mass is 199 g/mol. The minimum atomic E-state index is 0.804. The van der Waals surface area contributed by atoms with Crippen molar-refractivity contribution < 1.29 is 0 Å². The van der Waals surface area contributed by atoms with Gasteiger partial charge in [-0.05, 0) is 37.8 Å². The Morgan fingerprint density at radius 2 is 1.64 bits per heavy atom. The molecule has 1 unspecified atom stereocenters. The van der Waals surface area contributed by atoms with Crippen molar-refractivity contribution in [2.75, 3.05) is 19.6 Å². The third-order valence-corrected chi connectivity index (χ3v) is 2.80. The largest absolute Gasteiger partial charge is 0.303 e. The first-order valence-electron chi connectivity index (χ1n) is 6.32. The van der Waals surface area contributed by atoms with Crippen molar-refractivity contribution in [1.29, 1.82) is 0 Å². The van der Waals surface area contributed by atoms with Crippen molar-refractivity contribution in [2.24, 2.45) is 11.8 Å². The average Bonchev–Trinajstić information content (AvgIpc) is 2.13. The Balaban J connectivity index is 3.72. The molecule has 0 bridgehead atoms. The van der Waals surface area contributed by atoms with Crippen LogP contribution in [0.3, 0.4) is 0 Å². The smallest absolute Gasteiger partial charge is 0.000438 e. The Morgan fingerprint density at radius 1 is 1.00 bits per heavy atom. The van der Waals surface area contributed by atoms with E-state index in [4.69, 9.17) is 0 Å². The Bertz CT molecular complexity index is 120. The fraction of sp³-hybridized carbons (Fsp3) is 1.00. The molecule has 0 aliphatic heterocycles. The van der Waals surface area contributed by atoms with E-state index in [1.807, 2.05) is 0 Å². The lowest BCUT2D eigenvalue weighted by molar-refractivity contribution is 0.228. The summed E-state index contributed by atoms with van der Waals surface area (Å²) in [6.45, 7) is 15.4. The van der Waals surface area contributed by atoms with Crippen LogP contribution in [0.1, 0.15) is 53.9 Å². The predicted octanol–water partition coefficient (Wildman–Crippen LogP) is 3.79. The van der Waals surface area contributed by atoms with Gasteiger partial charge in [0.2, 0.25) is 0 Å². The lowest BCUT2D eigenvalue weighted by atomic mass is 10.0. The lowest BCUT2D eigenvalue weighted by Gasteiger charge is -2.24.